The van der Waals surface area contributed by atoms with E-state index in [0.29, 0.717) is 10.2 Å². The molecule has 0 radical (unpaired) electrons. The molecule has 0 unspecified atom stereocenters. The van der Waals surface area contributed by atoms with Crippen molar-refractivity contribution in [3.8, 4) is 0 Å². The number of aryl methyl sites for hydroxylation is 1. The number of anilines is 1. The van der Waals surface area contributed by atoms with Crippen molar-refractivity contribution < 1.29 is 13.2 Å². The van der Waals surface area contributed by atoms with Gasteiger partial charge in [-0.2, -0.15) is 0 Å². The summed E-state index contributed by atoms with van der Waals surface area (Å²) < 4.78 is 25.3. The standard InChI is InChI=1S/C16H14ClN3O3S2/c1-10-2-5-12(6-3-10)25(22,23)9-15(21)19-20-16-18-13-7-4-11(17)8-14(13)24-16/h2-8H,9H2,1H3,(H,18,20)(H,19,21). The number of carbonyl (C=O) groups is 1. The van der Waals surface area contributed by atoms with E-state index in [1.165, 1.54) is 23.5 Å². The molecular formula is C16H14ClN3O3S2. The van der Waals surface area contributed by atoms with Gasteiger partial charge in [0.15, 0.2) is 9.84 Å². The number of amides is 1. The lowest BCUT2D eigenvalue weighted by molar-refractivity contribution is -0.118. The zero-order valence-electron chi connectivity index (χ0n) is 13.1. The smallest absolute Gasteiger partial charge is 0.253 e. The molecule has 25 heavy (non-hydrogen) atoms. The summed E-state index contributed by atoms with van der Waals surface area (Å²) in [4.78, 5) is 16.3. The number of rotatable bonds is 5. The summed E-state index contributed by atoms with van der Waals surface area (Å²) in [6.45, 7) is 1.86. The summed E-state index contributed by atoms with van der Waals surface area (Å²) in [6.07, 6.45) is 0. The Hall–Kier alpha value is -2.16. The third kappa shape index (κ3) is 4.28. The van der Waals surface area contributed by atoms with E-state index in [-0.39, 0.29) is 4.90 Å². The zero-order chi connectivity index (χ0) is 18.0. The number of nitrogens with zero attached hydrogens (tertiary/aromatic N) is 1. The summed E-state index contributed by atoms with van der Waals surface area (Å²) in [5, 5.41) is 1.04. The highest BCUT2D eigenvalue weighted by Gasteiger charge is 2.19. The van der Waals surface area contributed by atoms with Crippen molar-refractivity contribution in [2.24, 2.45) is 0 Å². The highest BCUT2D eigenvalue weighted by atomic mass is 35.5. The van der Waals surface area contributed by atoms with Gasteiger partial charge >= 0.3 is 0 Å². The number of benzene rings is 2. The Kier molecular flexibility index (Phi) is 4.94. The quantitative estimate of drug-likeness (QED) is 0.648. The van der Waals surface area contributed by atoms with Gasteiger partial charge in [-0.1, -0.05) is 40.6 Å². The molecule has 0 bridgehead atoms. The summed E-state index contributed by atoms with van der Waals surface area (Å²) in [6, 6.07) is 11.6. The minimum absolute atomic E-state index is 0.114. The Morgan fingerprint density at radius 2 is 1.92 bits per heavy atom. The van der Waals surface area contributed by atoms with Crippen molar-refractivity contribution in [2.45, 2.75) is 11.8 Å². The average molecular weight is 396 g/mol. The van der Waals surface area contributed by atoms with Crippen molar-refractivity contribution in [1.82, 2.24) is 10.4 Å². The molecule has 0 aliphatic carbocycles. The number of nitrogens with one attached hydrogen (secondary N) is 2. The molecule has 0 spiro atoms. The SMILES string of the molecule is Cc1ccc(S(=O)(=O)CC(=O)NNc2nc3ccc(Cl)cc3s2)cc1. The Morgan fingerprint density at radius 3 is 2.64 bits per heavy atom. The van der Waals surface area contributed by atoms with E-state index in [2.05, 4.69) is 15.8 Å². The first kappa shape index (κ1) is 17.7. The Morgan fingerprint density at radius 1 is 1.20 bits per heavy atom. The van der Waals surface area contributed by atoms with Crippen molar-refractivity contribution in [3.05, 3.63) is 53.1 Å². The van der Waals surface area contributed by atoms with Crippen LogP contribution in [0.15, 0.2) is 47.4 Å². The molecule has 3 rings (SSSR count). The second kappa shape index (κ2) is 6.99. The first-order valence-corrected chi connectivity index (χ1v) is 10.1. The number of fused-ring (bicyclic) bond motifs is 1. The highest BCUT2D eigenvalue weighted by Crippen LogP contribution is 2.27. The lowest BCUT2D eigenvalue weighted by Crippen LogP contribution is -2.34. The van der Waals surface area contributed by atoms with Crippen LogP contribution in [0.25, 0.3) is 10.2 Å². The molecule has 0 saturated heterocycles. The number of sulfone groups is 1. The van der Waals surface area contributed by atoms with Gasteiger partial charge in [0.2, 0.25) is 5.13 Å². The van der Waals surface area contributed by atoms with Crippen LogP contribution < -0.4 is 10.9 Å². The van der Waals surface area contributed by atoms with Crippen LogP contribution in [-0.4, -0.2) is 25.1 Å². The molecule has 6 nitrogen and oxygen atoms in total. The summed E-state index contributed by atoms with van der Waals surface area (Å²) in [5.41, 5.74) is 6.68. The van der Waals surface area contributed by atoms with E-state index in [4.69, 9.17) is 11.6 Å². The normalized spacial score (nSPS) is 11.4. The van der Waals surface area contributed by atoms with Crippen LogP contribution in [0.4, 0.5) is 5.13 Å². The van der Waals surface area contributed by atoms with E-state index in [9.17, 15) is 13.2 Å². The highest BCUT2D eigenvalue weighted by molar-refractivity contribution is 7.92. The number of aromatic nitrogens is 1. The van der Waals surface area contributed by atoms with Crippen LogP contribution >= 0.6 is 22.9 Å². The Bertz CT molecular complexity index is 1030. The van der Waals surface area contributed by atoms with Gasteiger partial charge in [0.1, 0.15) is 5.75 Å². The minimum atomic E-state index is -3.70. The number of hydrogen-bond acceptors (Lipinski definition) is 6. The molecule has 9 heteroatoms. The number of hydrogen-bond donors (Lipinski definition) is 2. The molecule has 0 saturated carbocycles. The van der Waals surface area contributed by atoms with Gasteiger partial charge in [0, 0.05) is 5.02 Å². The van der Waals surface area contributed by atoms with Crippen LogP contribution in [0.5, 0.6) is 0 Å². The molecule has 3 aromatic rings. The molecule has 2 N–H and O–H groups in total. The number of carbonyl (C=O) groups excluding carboxylic acids is 1. The van der Waals surface area contributed by atoms with Gasteiger partial charge in [0.05, 0.1) is 15.1 Å². The maximum absolute atomic E-state index is 12.2. The lowest BCUT2D eigenvalue weighted by atomic mass is 10.2. The molecular weight excluding hydrogens is 382 g/mol. The van der Waals surface area contributed by atoms with E-state index >= 15 is 0 Å². The average Bonchev–Trinajstić information content (AvgIpc) is 2.95. The zero-order valence-corrected chi connectivity index (χ0v) is 15.5. The molecule has 1 aromatic heterocycles. The second-order valence-electron chi connectivity index (χ2n) is 5.38. The van der Waals surface area contributed by atoms with Gasteiger partial charge in [-0.15, -0.1) is 0 Å². The maximum atomic E-state index is 12.2. The number of hydrazine groups is 1. The summed E-state index contributed by atoms with van der Waals surface area (Å²) >= 11 is 7.22. The van der Waals surface area contributed by atoms with Gasteiger partial charge in [-0.3, -0.25) is 15.6 Å². The van der Waals surface area contributed by atoms with Gasteiger partial charge in [-0.05, 0) is 37.3 Å². The fourth-order valence-electron chi connectivity index (χ4n) is 2.11. The number of halogens is 1. The fourth-order valence-corrected chi connectivity index (χ4v) is 4.34. The summed E-state index contributed by atoms with van der Waals surface area (Å²) in [7, 11) is -3.70. The van der Waals surface area contributed by atoms with Crippen LogP contribution in [0, 0.1) is 6.92 Å². The molecule has 0 fully saturated rings. The largest absolute Gasteiger partial charge is 0.273 e. The van der Waals surface area contributed by atoms with Gasteiger partial charge in [-0.25, -0.2) is 13.4 Å². The van der Waals surface area contributed by atoms with Crippen LogP contribution in [-0.2, 0) is 14.6 Å². The lowest BCUT2D eigenvalue weighted by Gasteiger charge is -2.07. The molecule has 130 valence electrons. The topological polar surface area (TPSA) is 88.2 Å². The maximum Gasteiger partial charge on any atom is 0.253 e. The number of thiazole rings is 1. The molecule has 0 atom stereocenters. The molecule has 0 aliphatic heterocycles. The predicted octanol–water partition coefficient (Wildman–Crippen LogP) is 3.18. The molecule has 2 aromatic carbocycles. The third-order valence-electron chi connectivity index (χ3n) is 3.36. The summed E-state index contributed by atoms with van der Waals surface area (Å²) in [5.74, 6) is -1.32. The van der Waals surface area contributed by atoms with E-state index < -0.39 is 21.5 Å². The van der Waals surface area contributed by atoms with Gasteiger partial charge < -0.3 is 0 Å². The van der Waals surface area contributed by atoms with Gasteiger partial charge in [0.25, 0.3) is 5.91 Å². The Balaban J connectivity index is 1.64. The molecule has 1 amide bonds. The van der Waals surface area contributed by atoms with Crippen molar-refractivity contribution in [3.63, 3.8) is 0 Å². The Labute approximate surface area is 153 Å². The monoisotopic (exact) mass is 395 g/mol. The van der Waals surface area contributed by atoms with Crippen molar-refractivity contribution in [2.75, 3.05) is 11.2 Å². The van der Waals surface area contributed by atoms with Crippen molar-refractivity contribution in [1.29, 1.82) is 0 Å². The molecule has 1 heterocycles. The fraction of sp³-hybridized carbons (Fsp3) is 0.125. The molecule has 0 aliphatic rings. The first-order chi connectivity index (χ1) is 11.8. The van der Waals surface area contributed by atoms with E-state index in [0.717, 1.165) is 15.8 Å². The van der Waals surface area contributed by atoms with Crippen LogP contribution in [0.1, 0.15) is 5.56 Å². The minimum Gasteiger partial charge on any atom is -0.273 e. The van der Waals surface area contributed by atoms with E-state index in [1.54, 1.807) is 30.3 Å². The predicted molar refractivity (Wildman–Crippen MR) is 99.6 cm³/mol. The second-order valence-corrected chi connectivity index (χ2v) is 8.83. The van der Waals surface area contributed by atoms with Crippen molar-refractivity contribution >= 4 is 54.0 Å². The van der Waals surface area contributed by atoms with Crippen LogP contribution in [0.3, 0.4) is 0 Å². The first-order valence-electron chi connectivity index (χ1n) is 7.24. The van der Waals surface area contributed by atoms with E-state index in [1.807, 2.05) is 6.92 Å². The third-order valence-corrected chi connectivity index (χ3v) is 6.16. The van der Waals surface area contributed by atoms with Crippen LogP contribution in [0.2, 0.25) is 5.02 Å².